The number of nitrogens with one attached hydrogen (secondary N) is 1. The van der Waals surface area contributed by atoms with E-state index in [2.05, 4.69) is 34.1 Å². The molecule has 2 nitrogen and oxygen atoms in total. The first-order valence-corrected chi connectivity index (χ1v) is 7.46. The van der Waals surface area contributed by atoms with Crippen LogP contribution in [0.15, 0.2) is 29.1 Å². The van der Waals surface area contributed by atoms with Gasteiger partial charge in [0.15, 0.2) is 0 Å². The minimum absolute atomic E-state index is 0.120. The maximum absolute atomic E-state index is 6.22. The normalized spacial score (nSPS) is 12.6. The largest absolute Gasteiger partial charge is 0.309 e. The van der Waals surface area contributed by atoms with Gasteiger partial charge in [-0.3, -0.25) is 4.98 Å². The molecule has 2 aromatic rings. The van der Waals surface area contributed by atoms with Crippen LogP contribution in [0.1, 0.15) is 24.2 Å². The van der Waals surface area contributed by atoms with Crippen LogP contribution in [-0.4, -0.2) is 11.5 Å². The summed E-state index contributed by atoms with van der Waals surface area (Å²) in [6.45, 7) is 2.94. The zero-order valence-corrected chi connectivity index (χ0v) is 12.3. The minimum Gasteiger partial charge on any atom is -0.309 e. The van der Waals surface area contributed by atoms with Crippen molar-refractivity contribution in [1.82, 2.24) is 10.3 Å². The van der Waals surface area contributed by atoms with Crippen LogP contribution < -0.4 is 5.32 Å². The Balaban J connectivity index is 2.23. The van der Waals surface area contributed by atoms with E-state index in [4.69, 9.17) is 23.2 Å². The van der Waals surface area contributed by atoms with Crippen LogP contribution in [0.25, 0.3) is 0 Å². The number of halogens is 2. The summed E-state index contributed by atoms with van der Waals surface area (Å²) < 4.78 is 0. The molecule has 0 saturated heterocycles. The van der Waals surface area contributed by atoms with Crippen molar-refractivity contribution >= 4 is 34.5 Å². The highest BCUT2D eigenvalue weighted by atomic mass is 35.5. The molecule has 0 aromatic carbocycles. The fraction of sp³-hybridized carbons (Fsp3) is 0.308. The SMILES string of the molecule is CCNC(Cc1ccsc1)c1ncc(Cl)cc1Cl. The second-order valence-corrected chi connectivity index (χ2v) is 5.59. The number of aromatic nitrogens is 1. The summed E-state index contributed by atoms with van der Waals surface area (Å²) in [6, 6.07) is 3.98. The third-order valence-electron chi connectivity index (χ3n) is 2.64. The summed E-state index contributed by atoms with van der Waals surface area (Å²) in [5, 5.41) is 8.82. The lowest BCUT2D eigenvalue weighted by atomic mass is 10.1. The second kappa shape index (κ2) is 6.53. The molecule has 0 fully saturated rings. The summed E-state index contributed by atoms with van der Waals surface area (Å²) in [4.78, 5) is 4.35. The fourth-order valence-electron chi connectivity index (χ4n) is 1.84. The maximum atomic E-state index is 6.22. The van der Waals surface area contributed by atoms with Crippen molar-refractivity contribution in [1.29, 1.82) is 0 Å². The Labute approximate surface area is 121 Å². The molecule has 0 bridgehead atoms. The standard InChI is InChI=1S/C13H14Cl2N2S/c1-2-16-12(5-9-3-4-18-8-9)13-11(15)6-10(14)7-17-13/h3-4,6-8,12,16H,2,5H2,1H3. The van der Waals surface area contributed by atoms with Gasteiger partial charge < -0.3 is 5.32 Å². The van der Waals surface area contributed by atoms with E-state index in [-0.39, 0.29) is 6.04 Å². The van der Waals surface area contributed by atoms with Crippen LogP contribution in [0.2, 0.25) is 10.0 Å². The van der Waals surface area contributed by atoms with Crippen molar-refractivity contribution in [2.75, 3.05) is 6.54 Å². The number of nitrogens with zero attached hydrogens (tertiary/aromatic N) is 1. The van der Waals surface area contributed by atoms with Crippen molar-refractivity contribution in [2.24, 2.45) is 0 Å². The van der Waals surface area contributed by atoms with E-state index in [1.165, 1.54) is 5.56 Å². The zero-order chi connectivity index (χ0) is 13.0. The molecule has 2 heterocycles. The summed E-state index contributed by atoms with van der Waals surface area (Å²) in [5.74, 6) is 0. The molecule has 0 amide bonds. The van der Waals surface area contributed by atoms with E-state index in [9.17, 15) is 0 Å². The Hall–Kier alpha value is -0.610. The van der Waals surface area contributed by atoms with Gasteiger partial charge in [0.2, 0.25) is 0 Å². The molecular formula is C13H14Cl2N2S. The molecular weight excluding hydrogens is 287 g/mol. The molecule has 0 saturated carbocycles. The van der Waals surface area contributed by atoms with Gasteiger partial charge in [-0.2, -0.15) is 11.3 Å². The molecule has 2 aromatic heterocycles. The summed E-state index contributed by atoms with van der Waals surface area (Å²) in [6.07, 6.45) is 2.52. The van der Waals surface area contributed by atoms with Gasteiger partial charge >= 0.3 is 0 Å². The Morgan fingerprint density at radius 3 is 2.89 bits per heavy atom. The third-order valence-corrected chi connectivity index (χ3v) is 3.88. The van der Waals surface area contributed by atoms with Crippen LogP contribution in [0.5, 0.6) is 0 Å². The van der Waals surface area contributed by atoms with Gasteiger partial charge in [0.1, 0.15) is 0 Å². The Bertz CT molecular complexity index is 500. The zero-order valence-electron chi connectivity index (χ0n) is 9.99. The molecule has 18 heavy (non-hydrogen) atoms. The molecule has 0 aliphatic rings. The third kappa shape index (κ3) is 3.45. The average Bonchev–Trinajstić information content (AvgIpc) is 2.81. The van der Waals surface area contributed by atoms with Crippen molar-refractivity contribution in [3.05, 3.63) is 50.4 Å². The monoisotopic (exact) mass is 300 g/mol. The number of hydrogen-bond acceptors (Lipinski definition) is 3. The fourth-order valence-corrected chi connectivity index (χ4v) is 3.03. The van der Waals surface area contributed by atoms with Crippen molar-refractivity contribution < 1.29 is 0 Å². The Morgan fingerprint density at radius 2 is 2.28 bits per heavy atom. The van der Waals surface area contributed by atoms with Crippen LogP contribution in [0.3, 0.4) is 0 Å². The first-order valence-electron chi connectivity index (χ1n) is 5.76. The predicted octanol–water partition coefficient (Wildman–Crippen LogP) is 4.34. The lowest BCUT2D eigenvalue weighted by molar-refractivity contribution is 0.537. The summed E-state index contributed by atoms with van der Waals surface area (Å²) >= 11 is 13.8. The molecule has 1 unspecified atom stereocenters. The maximum Gasteiger partial charge on any atom is 0.0763 e. The first-order chi connectivity index (χ1) is 8.70. The van der Waals surface area contributed by atoms with Gasteiger partial charge in [0, 0.05) is 6.20 Å². The van der Waals surface area contributed by atoms with E-state index in [0.717, 1.165) is 18.7 Å². The van der Waals surface area contributed by atoms with Crippen LogP contribution in [0, 0.1) is 0 Å². The van der Waals surface area contributed by atoms with Crippen molar-refractivity contribution in [2.45, 2.75) is 19.4 Å². The Kier molecular flexibility index (Phi) is 5.01. The highest BCUT2D eigenvalue weighted by Crippen LogP contribution is 2.26. The molecule has 96 valence electrons. The van der Waals surface area contributed by atoms with Gasteiger partial charge in [-0.25, -0.2) is 0 Å². The van der Waals surface area contributed by atoms with Crippen LogP contribution in [-0.2, 0) is 6.42 Å². The number of thiophene rings is 1. The highest BCUT2D eigenvalue weighted by molar-refractivity contribution is 7.07. The van der Waals surface area contributed by atoms with Crippen LogP contribution in [0.4, 0.5) is 0 Å². The molecule has 0 aliphatic carbocycles. The number of rotatable bonds is 5. The number of pyridine rings is 1. The minimum atomic E-state index is 0.120. The van der Waals surface area contributed by atoms with Gasteiger partial charge in [0.25, 0.3) is 0 Å². The second-order valence-electron chi connectivity index (χ2n) is 3.97. The van der Waals surface area contributed by atoms with Gasteiger partial charge in [-0.05, 0) is 41.4 Å². The van der Waals surface area contributed by atoms with E-state index >= 15 is 0 Å². The molecule has 2 rings (SSSR count). The molecule has 0 radical (unpaired) electrons. The van der Waals surface area contributed by atoms with E-state index in [1.807, 2.05) is 0 Å². The van der Waals surface area contributed by atoms with Gasteiger partial charge in [-0.15, -0.1) is 0 Å². The molecule has 0 spiro atoms. The van der Waals surface area contributed by atoms with Crippen LogP contribution >= 0.6 is 34.5 Å². The smallest absolute Gasteiger partial charge is 0.0763 e. The van der Waals surface area contributed by atoms with Gasteiger partial charge in [-0.1, -0.05) is 30.1 Å². The van der Waals surface area contributed by atoms with E-state index in [0.29, 0.717) is 10.0 Å². The summed E-state index contributed by atoms with van der Waals surface area (Å²) in [5.41, 5.74) is 2.15. The lowest BCUT2D eigenvalue weighted by Crippen LogP contribution is -2.24. The molecule has 5 heteroatoms. The number of likely N-dealkylation sites (N-methyl/N-ethyl adjacent to an activating group) is 1. The molecule has 0 aliphatic heterocycles. The summed E-state index contributed by atoms with van der Waals surface area (Å²) in [7, 11) is 0. The first kappa shape index (κ1) is 13.8. The predicted molar refractivity (Wildman–Crippen MR) is 78.7 cm³/mol. The average molecular weight is 301 g/mol. The molecule has 1 N–H and O–H groups in total. The van der Waals surface area contributed by atoms with Crippen molar-refractivity contribution in [3.8, 4) is 0 Å². The topological polar surface area (TPSA) is 24.9 Å². The van der Waals surface area contributed by atoms with Crippen molar-refractivity contribution in [3.63, 3.8) is 0 Å². The number of hydrogen-bond donors (Lipinski definition) is 1. The quantitative estimate of drug-likeness (QED) is 0.888. The highest BCUT2D eigenvalue weighted by Gasteiger charge is 2.16. The van der Waals surface area contributed by atoms with E-state index < -0.39 is 0 Å². The lowest BCUT2D eigenvalue weighted by Gasteiger charge is -2.18. The molecule has 1 atom stereocenters. The Morgan fingerprint density at radius 1 is 1.44 bits per heavy atom. The van der Waals surface area contributed by atoms with E-state index in [1.54, 1.807) is 23.6 Å². The van der Waals surface area contributed by atoms with Gasteiger partial charge in [0.05, 0.1) is 21.8 Å².